The minimum atomic E-state index is -4.52. The Hall–Kier alpha value is -3.13. The first-order valence-electron chi connectivity index (χ1n) is 10.1. The van der Waals surface area contributed by atoms with Crippen LogP contribution in [0.4, 0.5) is 24.9 Å². The van der Waals surface area contributed by atoms with E-state index in [-0.39, 0.29) is 40.9 Å². The van der Waals surface area contributed by atoms with E-state index in [1.807, 2.05) is 6.07 Å². The summed E-state index contributed by atoms with van der Waals surface area (Å²) in [5.41, 5.74) is 5.24. The van der Waals surface area contributed by atoms with Crippen LogP contribution in [0.3, 0.4) is 0 Å². The molecule has 33 heavy (non-hydrogen) atoms. The van der Waals surface area contributed by atoms with Crippen LogP contribution >= 0.6 is 11.8 Å². The summed E-state index contributed by atoms with van der Waals surface area (Å²) in [7, 11) is 0. The normalized spacial score (nSPS) is 12.1. The van der Waals surface area contributed by atoms with Crippen molar-refractivity contribution in [2.24, 2.45) is 0 Å². The smallest absolute Gasteiger partial charge is 0.368 e. The molecule has 0 aliphatic carbocycles. The Morgan fingerprint density at radius 2 is 2.00 bits per heavy atom. The van der Waals surface area contributed by atoms with Gasteiger partial charge in [0.2, 0.25) is 5.95 Å². The molecule has 2 rings (SSSR count). The molecule has 1 heterocycles. The Morgan fingerprint density at radius 1 is 1.27 bits per heavy atom. The molecule has 0 amide bonds. The van der Waals surface area contributed by atoms with Gasteiger partial charge < -0.3 is 15.8 Å². The third-order valence-electron chi connectivity index (χ3n) is 4.80. The van der Waals surface area contributed by atoms with Crippen LogP contribution in [-0.2, 0) is 22.2 Å². The van der Waals surface area contributed by atoms with Crippen LogP contribution in [0.15, 0.2) is 29.3 Å². The van der Waals surface area contributed by atoms with Crippen molar-refractivity contribution >= 4 is 35.1 Å². The van der Waals surface area contributed by atoms with Crippen molar-refractivity contribution in [2.75, 3.05) is 17.3 Å². The van der Waals surface area contributed by atoms with Crippen molar-refractivity contribution in [1.82, 2.24) is 9.97 Å². The number of nitrogens with one attached hydrogen (secondary N) is 1. The predicted octanol–water partition coefficient (Wildman–Crippen LogP) is 4.41. The summed E-state index contributed by atoms with van der Waals surface area (Å²) in [4.78, 5) is 32.3. The quantitative estimate of drug-likeness (QED) is 0.276. The Kier molecular flexibility index (Phi) is 9.22. The molecule has 0 bridgehead atoms. The molecule has 0 radical (unpaired) electrons. The van der Waals surface area contributed by atoms with Crippen molar-refractivity contribution in [2.45, 2.75) is 56.3 Å². The fraction of sp³-hybridized carbons (Fsp3) is 0.409. The summed E-state index contributed by atoms with van der Waals surface area (Å²) in [5, 5.41) is 12.8. The Balaban J connectivity index is 2.29. The Labute approximate surface area is 194 Å². The summed E-state index contributed by atoms with van der Waals surface area (Å²) < 4.78 is 39.1. The van der Waals surface area contributed by atoms with Crippen molar-refractivity contribution in [3.63, 3.8) is 0 Å². The lowest BCUT2D eigenvalue weighted by Crippen LogP contribution is -2.32. The number of nitrogens with zero attached hydrogens (tertiary/aromatic N) is 3. The summed E-state index contributed by atoms with van der Waals surface area (Å²) in [6.07, 6.45) is -1.32. The highest BCUT2D eigenvalue weighted by Gasteiger charge is 2.31. The van der Waals surface area contributed by atoms with Crippen molar-refractivity contribution in [3.05, 3.63) is 41.0 Å². The van der Waals surface area contributed by atoms with Crippen LogP contribution in [0.1, 0.15) is 49.3 Å². The molecular weight excluding hydrogens is 455 g/mol. The minimum absolute atomic E-state index is 0.0229. The van der Waals surface area contributed by atoms with Gasteiger partial charge in [-0.2, -0.15) is 23.4 Å². The second-order valence-electron chi connectivity index (χ2n) is 7.41. The summed E-state index contributed by atoms with van der Waals surface area (Å²) in [6.45, 7) is 1.47. The number of anilines is 2. The maximum Gasteiger partial charge on any atom is 0.416 e. The van der Waals surface area contributed by atoms with Gasteiger partial charge in [-0.05, 0) is 37.7 Å². The largest absolute Gasteiger partial charge is 0.416 e. The van der Waals surface area contributed by atoms with Gasteiger partial charge in [-0.25, -0.2) is 4.98 Å². The lowest BCUT2D eigenvalue weighted by Gasteiger charge is -2.20. The molecule has 2 aromatic rings. The maximum absolute atomic E-state index is 13.1. The zero-order valence-corrected chi connectivity index (χ0v) is 19.0. The molecule has 176 valence electrons. The number of nitrogen functional groups attached to an aromatic ring is 1. The second-order valence-corrected chi connectivity index (χ2v) is 8.21. The fourth-order valence-corrected chi connectivity index (χ4v) is 3.72. The van der Waals surface area contributed by atoms with Crippen molar-refractivity contribution in [1.29, 1.82) is 5.26 Å². The highest BCUT2D eigenvalue weighted by molar-refractivity contribution is 7.98. The third kappa shape index (κ3) is 7.75. The molecule has 0 saturated heterocycles. The predicted molar refractivity (Wildman–Crippen MR) is 120 cm³/mol. The topological polar surface area (TPSA) is 122 Å². The molecule has 7 nitrogen and oxygen atoms in total. The van der Waals surface area contributed by atoms with E-state index in [2.05, 4.69) is 15.3 Å². The maximum atomic E-state index is 13.1. The number of Topliss-reactive ketones (excluding diaryl/α,β-unsaturated/α-hetero) is 2. The zero-order chi connectivity index (χ0) is 24.6. The van der Waals surface area contributed by atoms with Gasteiger partial charge in [0.25, 0.3) is 0 Å². The highest BCUT2D eigenvalue weighted by Crippen LogP contribution is 2.30. The summed E-state index contributed by atoms with van der Waals surface area (Å²) in [5.74, 6) is -0.344. The van der Waals surface area contributed by atoms with Crippen LogP contribution in [0.5, 0.6) is 0 Å². The van der Waals surface area contributed by atoms with Gasteiger partial charge >= 0.3 is 6.18 Å². The van der Waals surface area contributed by atoms with Gasteiger partial charge in [0, 0.05) is 12.8 Å². The van der Waals surface area contributed by atoms with E-state index < -0.39 is 17.8 Å². The summed E-state index contributed by atoms with van der Waals surface area (Å²) >= 11 is 1.19. The Morgan fingerprint density at radius 3 is 2.61 bits per heavy atom. The van der Waals surface area contributed by atoms with Gasteiger partial charge in [0.1, 0.15) is 22.4 Å². The molecule has 11 heteroatoms. The highest BCUT2D eigenvalue weighted by atomic mass is 32.2. The number of unbranched alkanes of at least 4 members (excludes halogenated alkanes) is 1. The number of halogens is 3. The molecule has 0 aliphatic rings. The van der Waals surface area contributed by atoms with E-state index >= 15 is 0 Å². The SMILES string of the molecule is CSc1nc(N)nc(N[C@@H](CCCCC(C)=O)C(=O)Cc2cccc(C(F)(F)F)c2)c1C#N. The van der Waals surface area contributed by atoms with E-state index in [0.29, 0.717) is 30.7 Å². The van der Waals surface area contributed by atoms with Crippen molar-refractivity contribution < 1.29 is 22.8 Å². The van der Waals surface area contributed by atoms with Gasteiger partial charge in [-0.1, -0.05) is 24.6 Å². The standard InChI is InChI=1S/C22H24F3N5O2S/c1-13(31)6-3-4-9-17(28-19-16(12-26)20(33-2)30-21(27)29-19)18(32)11-14-7-5-8-15(10-14)22(23,24)25/h5,7-8,10,17H,3-4,6,9,11H2,1-2H3,(H3,27,28,29,30)/t17-/m0/s1. The van der Waals surface area contributed by atoms with Crippen LogP contribution in [0, 0.1) is 11.3 Å². The molecule has 0 saturated carbocycles. The average Bonchev–Trinajstić information content (AvgIpc) is 2.74. The fourth-order valence-electron chi connectivity index (χ4n) is 3.19. The molecular formula is C22H24F3N5O2S. The number of aromatic nitrogens is 2. The zero-order valence-electron chi connectivity index (χ0n) is 18.2. The molecule has 3 N–H and O–H groups in total. The van der Waals surface area contributed by atoms with Crippen molar-refractivity contribution in [3.8, 4) is 6.07 Å². The second kappa shape index (κ2) is 11.7. The number of rotatable bonds is 11. The van der Waals surface area contributed by atoms with E-state index in [1.54, 1.807) is 6.26 Å². The van der Waals surface area contributed by atoms with E-state index in [4.69, 9.17) is 5.73 Å². The van der Waals surface area contributed by atoms with Gasteiger partial charge in [0.15, 0.2) is 11.6 Å². The number of nitriles is 1. The van der Waals surface area contributed by atoms with Crippen LogP contribution in [-0.4, -0.2) is 33.8 Å². The number of alkyl halides is 3. The van der Waals surface area contributed by atoms with Gasteiger partial charge in [-0.3, -0.25) is 4.79 Å². The molecule has 1 atom stereocenters. The van der Waals surface area contributed by atoms with E-state index in [9.17, 15) is 28.0 Å². The minimum Gasteiger partial charge on any atom is -0.368 e. The molecule has 1 aromatic heterocycles. The number of hydrogen-bond donors (Lipinski definition) is 2. The lowest BCUT2D eigenvalue weighted by atomic mass is 9.97. The van der Waals surface area contributed by atoms with Crippen LogP contribution in [0.2, 0.25) is 0 Å². The number of hydrogen-bond acceptors (Lipinski definition) is 8. The van der Waals surface area contributed by atoms with Gasteiger partial charge in [-0.15, -0.1) is 11.8 Å². The third-order valence-corrected chi connectivity index (χ3v) is 5.48. The number of benzene rings is 1. The number of carbonyl (C=O) groups is 2. The first-order valence-corrected chi connectivity index (χ1v) is 11.3. The van der Waals surface area contributed by atoms with Crippen LogP contribution < -0.4 is 11.1 Å². The van der Waals surface area contributed by atoms with E-state index in [0.717, 1.165) is 12.1 Å². The summed E-state index contributed by atoms with van der Waals surface area (Å²) in [6, 6.07) is 5.75. The molecule has 1 aromatic carbocycles. The Bertz CT molecular complexity index is 1050. The molecule has 0 spiro atoms. The van der Waals surface area contributed by atoms with E-state index in [1.165, 1.54) is 30.8 Å². The number of carbonyl (C=O) groups excluding carboxylic acids is 2. The molecule has 0 aliphatic heterocycles. The number of thioether (sulfide) groups is 1. The lowest BCUT2D eigenvalue weighted by molar-refractivity contribution is -0.137. The number of ketones is 2. The van der Waals surface area contributed by atoms with Crippen LogP contribution in [0.25, 0.3) is 0 Å². The average molecular weight is 480 g/mol. The van der Waals surface area contributed by atoms with Gasteiger partial charge in [0.05, 0.1) is 11.6 Å². The first kappa shape index (κ1) is 26.1. The monoisotopic (exact) mass is 479 g/mol. The number of nitrogens with two attached hydrogens (primary N) is 1. The molecule has 0 fully saturated rings. The molecule has 0 unspecified atom stereocenters. The first-order chi connectivity index (χ1) is 15.5.